The Bertz CT molecular complexity index is 237. The zero-order chi connectivity index (χ0) is 11.8. The third-order valence-electron chi connectivity index (χ3n) is 2.67. The lowest BCUT2D eigenvalue weighted by Gasteiger charge is -2.26. The molecule has 0 aromatic rings. The molecule has 1 fully saturated rings. The first-order valence-corrected chi connectivity index (χ1v) is 6.03. The summed E-state index contributed by atoms with van der Waals surface area (Å²) >= 11 is 0. The molecule has 16 heavy (non-hydrogen) atoms. The van der Waals surface area contributed by atoms with Crippen molar-refractivity contribution < 1.29 is 9.59 Å². The van der Waals surface area contributed by atoms with Crippen LogP contribution in [0.1, 0.15) is 32.6 Å². The molecule has 1 aliphatic heterocycles. The van der Waals surface area contributed by atoms with E-state index in [0.29, 0.717) is 19.5 Å². The summed E-state index contributed by atoms with van der Waals surface area (Å²) in [6, 6.07) is -0.200. The quantitative estimate of drug-likeness (QED) is 0.743. The molecule has 1 heterocycles. The minimum Gasteiger partial charge on any atom is -0.343 e. The van der Waals surface area contributed by atoms with Gasteiger partial charge in [0.05, 0.1) is 0 Å². The predicted octanol–water partition coefficient (Wildman–Crippen LogP) is 0.708. The lowest BCUT2D eigenvalue weighted by molar-refractivity contribution is -0.131. The molecule has 0 saturated carbocycles. The van der Waals surface area contributed by atoms with Gasteiger partial charge < -0.3 is 15.5 Å². The Morgan fingerprint density at radius 3 is 2.44 bits per heavy atom. The average molecular weight is 227 g/mol. The van der Waals surface area contributed by atoms with Gasteiger partial charge in [-0.05, 0) is 26.2 Å². The number of carbonyl (C=O) groups excluding carboxylic acids is 2. The van der Waals surface area contributed by atoms with Gasteiger partial charge in [0.15, 0.2) is 0 Å². The molecule has 0 atom stereocenters. The normalized spacial score (nSPS) is 15.7. The molecule has 92 valence electrons. The number of likely N-dealkylation sites (tertiary alicyclic amines) is 1. The van der Waals surface area contributed by atoms with Gasteiger partial charge in [0, 0.05) is 32.6 Å². The first-order valence-electron chi connectivity index (χ1n) is 6.03. The second kappa shape index (κ2) is 7.09. The van der Waals surface area contributed by atoms with E-state index < -0.39 is 0 Å². The van der Waals surface area contributed by atoms with E-state index in [2.05, 4.69) is 10.6 Å². The summed E-state index contributed by atoms with van der Waals surface area (Å²) in [6.07, 6.45) is 3.84. The van der Waals surface area contributed by atoms with Crippen molar-refractivity contribution in [2.45, 2.75) is 32.6 Å². The van der Waals surface area contributed by atoms with Gasteiger partial charge in [-0.15, -0.1) is 0 Å². The number of hydrogen-bond donors (Lipinski definition) is 2. The van der Waals surface area contributed by atoms with Crippen LogP contribution in [-0.4, -0.2) is 43.0 Å². The van der Waals surface area contributed by atoms with Gasteiger partial charge in [-0.25, -0.2) is 4.79 Å². The van der Waals surface area contributed by atoms with Crippen LogP contribution < -0.4 is 10.6 Å². The molecule has 1 aliphatic rings. The highest BCUT2D eigenvalue weighted by Gasteiger charge is 2.15. The molecule has 5 heteroatoms. The zero-order valence-corrected chi connectivity index (χ0v) is 9.92. The fourth-order valence-electron chi connectivity index (χ4n) is 1.81. The summed E-state index contributed by atoms with van der Waals surface area (Å²) in [6.45, 7) is 4.63. The summed E-state index contributed by atoms with van der Waals surface area (Å²) in [4.78, 5) is 24.6. The van der Waals surface area contributed by atoms with Crippen LogP contribution in [0.2, 0.25) is 0 Å². The molecule has 1 rings (SSSR count). The van der Waals surface area contributed by atoms with Crippen LogP contribution in [0.5, 0.6) is 0 Å². The zero-order valence-electron chi connectivity index (χ0n) is 9.92. The van der Waals surface area contributed by atoms with E-state index in [0.717, 1.165) is 25.9 Å². The molecular formula is C11H21N3O2. The summed E-state index contributed by atoms with van der Waals surface area (Å²) < 4.78 is 0. The Balaban J connectivity index is 2.12. The van der Waals surface area contributed by atoms with Gasteiger partial charge in [-0.3, -0.25) is 4.79 Å². The van der Waals surface area contributed by atoms with Crippen LogP contribution in [0.25, 0.3) is 0 Å². The number of urea groups is 1. The second-order valence-electron chi connectivity index (χ2n) is 3.98. The molecule has 0 aromatic heterocycles. The number of amides is 3. The summed E-state index contributed by atoms with van der Waals surface area (Å²) in [7, 11) is 0. The molecule has 0 bridgehead atoms. The monoisotopic (exact) mass is 227 g/mol. The Kier molecular flexibility index (Phi) is 5.67. The van der Waals surface area contributed by atoms with Gasteiger partial charge in [-0.1, -0.05) is 0 Å². The lowest BCUT2D eigenvalue weighted by atomic mass is 10.1. The average Bonchev–Trinajstić information content (AvgIpc) is 2.30. The molecule has 0 radical (unpaired) electrons. The molecule has 0 aromatic carbocycles. The first kappa shape index (κ1) is 12.8. The van der Waals surface area contributed by atoms with Crippen molar-refractivity contribution >= 4 is 11.9 Å². The van der Waals surface area contributed by atoms with E-state index in [1.807, 2.05) is 11.8 Å². The predicted molar refractivity (Wildman–Crippen MR) is 62.1 cm³/mol. The summed E-state index contributed by atoms with van der Waals surface area (Å²) in [5.41, 5.74) is 0. The summed E-state index contributed by atoms with van der Waals surface area (Å²) in [5.74, 6) is 0.150. The van der Waals surface area contributed by atoms with Crippen molar-refractivity contribution in [3.63, 3.8) is 0 Å². The van der Waals surface area contributed by atoms with Crippen LogP contribution in [-0.2, 0) is 4.79 Å². The number of hydrogen-bond acceptors (Lipinski definition) is 2. The number of nitrogens with zero attached hydrogens (tertiary/aromatic N) is 1. The van der Waals surface area contributed by atoms with Crippen molar-refractivity contribution in [3.05, 3.63) is 0 Å². The van der Waals surface area contributed by atoms with E-state index in [9.17, 15) is 9.59 Å². The molecule has 1 saturated heterocycles. The maximum absolute atomic E-state index is 11.7. The fourth-order valence-corrected chi connectivity index (χ4v) is 1.81. The Labute approximate surface area is 96.6 Å². The van der Waals surface area contributed by atoms with E-state index in [1.54, 1.807) is 0 Å². The second-order valence-corrected chi connectivity index (χ2v) is 3.98. The van der Waals surface area contributed by atoms with Gasteiger partial charge in [0.2, 0.25) is 5.91 Å². The number of carbonyl (C=O) groups is 2. The van der Waals surface area contributed by atoms with E-state index >= 15 is 0 Å². The fraction of sp³-hybridized carbons (Fsp3) is 0.818. The van der Waals surface area contributed by atoms with E-state index in [-0.39, 0.29) is 11.9 Å². The number of piperidine rings is 1. The van der Waals surface area contributed by atoms with E-state index in [4.69, 9.17) is 0 Å². The van der Waals surface area contributed by atoms with Gasteiger partial charge in [0.1, 0.15) is 0 Å². The first-order chi connectivity index (χ1) is 7.74. The standard InChI is InChI=1S/C11H21N3O2/c1-2-12-11(16)13-7-6-10(15)14-8-4-3-5-9-14/h2-9H2,1H3,(H2,12,13,16). The van der Waals surface area contributed by atoms with Crippen molar-refractivity contribution in [1.82, 2.24) is 15.5 Å². The van der Waals surface area contributed by atoms with Crippen molar-refractivity contribution in [1.29, 1.82) is 0 Å². The van der Waals surface area contributed by atoms with Crippen molar-refractivity contribution in [3.8, 4) is 0 Å². The van der Waals surface area contributed by atoms with Crippen LogP contribution >= 0.6 is 0 Å². The highest BCUT2D eigenvalue weighted by atomic mass is 16.2. The van der Waals surface area contributed by atoms with Crippen molar-refractivity contribution in [2.24, 2.45) is 0 Å². The maximum atomic E-state index is 11.7. The summed E-state index contributed by atoms with van der Waals surface area (Å²) in [5, 5.41) is 5.28. The maximum Gasteiger partial charge on any atom is 0.314 e. The Hall–Kier alpha value is -1.26. The molecule has 0 spiro atoms. The minimum absolute atomic E-state index is 0.150. The molecule has 3 amide bonds. The van der Waals surface area contributed by atoms with Gasteiger partial charge >= 0.3 is 6.03 Å². The smallest absolute Gasteiger partial charge is 0.314 e. The van der Waals surface area contributed by atoms with Gasteiger partial charge in [-0.2, -0.15) is 0 Å². The number of rotatable bonds is 4. The molecule has 5 nitrogen and oxygen atoms in total. The molecule has 2 N–H and O–H groups in total. The van der Waals surface area contributed by atoms with Crippen LogP contribution in [0, 0.1) is 0 Å². The highest BCUT2D eigenvalue weighted by molar-refractivity contribution is 5.78. The topological polar surface area (TPSA) is 61.4 Å². The van der Waals surface area contributed by atoms with Crippen molar-refractivity contribution in [2.75, 3.05) is 26.2 Å². The minimum atomic E-state index is -0.200. The van der Waals surface area contributed by atoms with Gasteiger partial charge in [0.25, 0.3) is 0 Å². The Morgan fingerprint density at radius 1 is 1.12 bits per heavy atom. The molecule has 0 aliphatic carbocycles. The highest BCUT2D eigenvalue weighted by Crippen LogP contribution is 2.09. The Morgan fingerprint density at radius 2 is 1.81 bits per heavy atom. The largest absolute Gasteiger partial charge is 0.343 e. The van der Waals surface area contributed by atoms with Crippen LogP contribution in [0.4, 0.5) is 4.79 Å². The molecular weight excluding hydrogens is 206 g/mol. The van der Waals surface area contributed by atoms with Crippen LogP contribution in [0.3, 0.4) is 0 Å². The third kappa shape index (κ3) is 4.51. The SMILES string of the molecule is CCNC(=O)NCCC(=O)N1CCCCC1. The third-order valence-corrected chi connectivity index (χ3v) is 2.67. The van der Waals surface area contributed by atoms with E-state index in [1.165, 1.54) is 6.42 Å². The number of nitrogens with one attached hydrogen (secondary N) is 2. The van der Waals surface area contributed by atoms with Crippen LogP contribution in [0.15, 0.2) is 0 Å². The lowest BCUT2D eigenvalue weighted by Crippen LogP contribution is -2.40. The molecule has 0 unspecified atom stereocenters.